The summed E-state index contributed by atoms with van der Waals surface area (Å²) in [5.74, 6) is 0.675. The molecule has 4 aliphatic rings. The second-order valence-corrected chi connectivity index (χ2v) is 16.9. The smallest absolute Gasteiger partial charge is 0.246 e. The summed E-state index contributed by atoms with van der Waals surface area (Å²) in [5.41, 5.74) is 3.08. The van der Waals surface area contributed by atoms with E-state index in [0.29, 0.717) is 51.5 Å². The van der Waals surface area contributed by atoms with Gasteiger partial charge in [-0.3, -0.25) is 19.4 Å². The van der Waals surface area contributed by atoms with E-state index >= 15 is 0 Å². The number of carbonyl (C=O) groups excluding carboxylic acids is 2. The molecule has 0 radical (unpaired) electrons. The van der Waals surface area contributed by atoms with Gasteiger partial charge in [-0.2, -0.15) is 5.10 Å². The fraction of sp³-hybridized carbons (Fsp3) is 0.711. The standard InChI is InChI=1S/C38H59N7O5S.3ClH/c1-4-5-20-44-36(46)35(27-31-10-7-6-8-11-31)40-37(47)38(44)16-21-43(22-17-38)28-34-29(2)41-45(30(34)3)32-12-14-33(15-13-32)51(48,49)39-18-9-19-42-23-25-50-26-24-42;;;/h12-15,31,35,39H,4-11,16-28H2,1-3H3,(H,40,47);3*1H/t35-;;;/m0.../s1. The molecule has 0 bridgehead atoms. The molecule has 0 unspecified atom stereocenters. The number of nitrogens with one attached hydrogen (secondary N) is 2. The number of ether oxygens (including phenoxy) is 1. The van der Waals surface area contributed by atoms with E-state index in [4.69, 9.17) is 9.84 Å². The first-order valence-electron chi connectivity index (χ1n) is 19.4. The average Bonchev–Trinajstić information content (AvgIpc) is 3.42. The maximum absolute atomic E-state index is 14.0. The molecule has 12 nitrogen and oxygen atoms in total. The van der Waals surface area contributed by atoms with Crippen LogP contribution in [0.1, 0.15) is 94.5 Å². The zero-order valence-electron chi connectivity index (χ0n) is 32.2. The van der Waals surface area contributed by atoms with Gasteiger partial charge in [-0.1, -0.05) is 45.4 Å². The van der Waals surface area contributed by atoms with Gasteiger partial charge in [-0.15, -0.1) is 37.2 Å². The van der Waals surface area contributed by atoms with Crippen LogP contribution in [0.5, 0.6) is 0 Å². The van der Waals surface area contributed by atoms with Crippen molar-refractivity contribution in [3.8, 4) is 5.69 Å². The highest BCUT2D eigenvalue weighted by atomic mass is 35.5. The molecule has 4 heterocycles. The number of rotatable bonds is 14. The predicted octanol–water partition coefficient (Wildman–Crippen LogP) is 5.19. The number of aromatic nitrogens is 2. The number of unbranched alkanes of at least 4 members (excludes halogenated alkanes) is 1. The molecule has 2 amide bonds. The largest absolute Gasteiger partial charge is 0.379 e. The molecule has 1 aromatic carbocycles. The van der Waals surface area contributed by atoms with E-state index in [1.54, 1.807) is 24.3 Å². The Labute approximate surface area is 341 Å². The third-order valence-electron chi connectivity index (χ3n) is 11.8. The summed E-state index contributed by atoms with van der Waals surface area (Å²) in [6, 6.07) is 6.50. The van der Waals surface area contributed by atoms with Gasteiger partial charge >= 0.3 is 0 Å². The second-order valence-electron chi connectivity index (χ2n) is 15.2. The summed E-state index contributed by atoms with van der Waals surface area (Å²) >= 11 is 0. The van der Waals surface area contributed by atoms with Crippen LogP contribution in [-0.4, -0.2) is 115 Å². The Hall–Kier alpha value is -1.97. The van der Waals surface area contributed by atoms with Gasteiger partial charge in [0.25, 0.3) is 0 Å². The van der Waals surface area contributed by atoms with Crippen LogP contribution in [0.4, 0.5) is 0 Å². The maximum atomic E-state index is 14.0. The average molecular weight is 835 g/mol. The summed E-state index contributed by atoms with van der Waals surface area (Å²) in [5, 5.41) is 8.06. The van der Waals surface area contributed by atoms with Crippen LogP contribution in [0.3, 0.4) is 0 Å². The summed E-state index contributed by atoms with van der Waals surface area (Å²) < 4.78 is 36.0. The van der Waals surface area contributed by atoms with Gasteiger partial charge in [-0.25, -0.2) is 17.8 Å². The number of hydrogen-bond donors (Lipinski definition) is 2. The molecule has 3 aliphatic heterocycles. The van der Waals surface area contributed by atoms with Gasteiger partial charge in [-0.05, 0) is 82.7 Å². The highest BCUT2D eigenvalue weighted by molar-refractivity contribution is 7.89. The minimum Gasteiger partial charge on any atom is -0.379 e. The van der Waals surface area contributed by atoms with Crippen molar-refractivity contribution in [3.63, 3.8) is 0 Å². The van der Waals surface area contributed by atoms with E-state index in [1.807, 2.05) is 23.4 Å². The molecule has 3 saturated heterocycles. The lowest BCUT2D eigenvalue weighted by atomic mass is 9.79. The minimum atomic E-state index is -3.62. The molecule has 1 atom stereocenters. The zero-order chi connectivity index (χ0) is 36.0. The van der Waals surface area contributed by atoms with Crippen molar-refractivity contribution in [2.75, 3.05) is 59.0 Å². The maximum Gasteiger partial charge on any atom is 0.246 e. The van der Waals surface area contributed by atoms with Crippen LogP contribution in [0.15, 0.2) is 29.2 Å². The van der Waals surface area contributed by atoms with Crippen molar-refractivity contribution in [2.24, 2.45) is 5.92 Å². The van der Waals surface area contributed by atoms with E-state index in [1.165, 1.54) is 19.3 Å². The van der Waals surface area contributed by atoms with Crippen LogP contribution in [0.2, 0.25) is 0 Å². The third kappa shape index (κ3) is 10.7. The first-order valence-corrected chi connectivity index (χ1v) is 20.9. The van der Waals surface area contributed by atoms with Gasteiger partial charge < -0.3 is 15.0 Å². The molecule has 16 heteroatoms. The second kappa shape index (κ2) is 21.0. The highest BCUT2D eigenvalue weighted by Crippen LogP contribution is 2.36. The number of piperazine rings is 1. The Morgan fingerprint density at radius 2 is 1.57 bits per heavy atom. The van der Waals surface area contributed by atoms with E-state index in [9.17, 15) is 18.0 Å². The number of benzene rings is 1. The fourth-order valence-electron chi connectivity index (χ4n) is 8.57. The molecule has 1 aromatic heterocycles. The molecule has 306 valence electrons. The van der Waals surface area contributed by atoms with Crippen LogP contribution in [-0.2, 0) is 30.9 Å². The van der Waals surface area contributed by atoms with E-state index in [-0.39, 0.29) is 53.9 Å². The SMILES string of the molecule is CCCCN1C(=O)[C@H](CC2CCCCC2)NC(=O)C12CCN(Cc1c(C)nn(-c3ccc(S(=O)(=O)NCCCN4CCOCC4)cc3)c1C)CC2.Cl.Cl.Cl. The van der Waals surface area contributed by atoms with Gasteiger partial charge in [0.05, 0.1) is 29.5 Å². The Bertz CT molecular complexity index is 1610. The number of nitrogens with zero attached hydrogens (tertiary/aromatic N) is 5. The summed E-state index contributed by atoms with van der Waals surface area (Å²) in [7, 11) is -3.62. The molecule has 2 N–H and O–H groups in total. The quantitative estimate of drug-likeness (QED) is 0.249. The lowest BCUT2D eigenvalue weighted by molar-refractivity contribution is -0.162. The van der Waals surface area contributed by atoms with E-state index in [0.717, 1.165) is 94.0 Å². The Morgan fingerprint density at radius 3 is 2.22 bits per heavy atom. The normalized spacial score (nSPS) is 21.2. The molecular weight excluding hydrogens is 773 g/mol. The first-order chi connectivity index (χ1) is 24.6. The molecule has 1 aliphatic carbocycles. The summed E-state index contributed by atoms with van der Waals surface area (Å²) in [6.45, 7) is 13.4. The topological polar surface area (TPSA) is 129 Å². The van der Waals surface area contributed by atoms with Crippen molar-refractivity contribution in [1.82, 2.24) is 34.5 Å². The van der Waals surface area contributed by atoms with Crippen molar-refractivity contribution in [3.05, 3.63) is 41.2 Å². The van der Waals surface area contributed by atoms with Gasteiger partial charge in [0, 0.05) is 57.1 Å². The van der Waals surface area contributed by atoms with E-state index < -0.39 is 21.6 Å². The molecule has 6 rings (SSSR count). The van der Waals surface area contributed by atoms with Crippen LogP contribution < -0.4 is 10.0 Å². The lowest BCUT2D eigenvalue weighted by Gasteiger charge is -2.52. The molecular formula is C38H62Cl3N7O5S. The van der Waals surface area contributed by atoms with Crippen molar-refractivity contribution < 1.29 is 22.7 Å². The predicted molar refractivity (Wildman–Crippen MR) is 219 cm³/mol. The third-order valence-corrected chi connectivity index (χ3v) is 13.3. The molecule has 1 saturated carbocycles. The Morgan fingerprint density at radius 1 is 0.907 bits per heavy atom. The number of likely N-dealkylation sites (tertiary alicyclic amines) is 1. The number of morpholine rings is 1. The molecule has 54 heavy (non-hydrogen) atoms. The Balaban J connectivity index is 0.00000261. The number of carbonyl (C=O) groups is 2. The van der Waals surface area contributed by atoms with Gasteiger partial charge in [0.15, 0.2) is 0 Å². The van der Waals surface area contributed by atoms with Crippen molar-refractivity contribution >= 4 is 59.1 Å². The fourth-order valence-corrected chi connectivity index (χ4v) is 9.65. The number of amides is 2. The summed E-state index contributed by atoms with van der Waals surface area (Å²) in [4.78, 5) is 34.7. The number of hydrogen-bond acceptors (Lipinski definition) is 8. The van der Waals surface area contributed by atoms with Crippen LogP contribution in [0, 0.1) is 19.8 Å². The van der Waals surface area contributed by atoms with Gasteiger partial charge in [0.1, 0.15) is 11.6 Å². The van der Waals surface area contributed by atoms with Crippen molar-refractivity contribution in [1.29, 1.82) is 0 Å². The molecule has 2 aromatic rings. The van der Waals surface area contributed by atoms with Crippen LogP contribution >= 0.6 is 37.2 Å². The van der Waals surface area contributed by atoms with Gasteiger partial charge in [0.2, 0.25) is 21.8 Å². The lowest BCUT2D eigenvalue weighted by Crippen LogP contribution is -2.73. The molecule has 1 spiro atoms. The minimum absolute atomic E-state index is 0. The highest BCUT2D eigenvalue weighted by Gasteiger charge is 2.53. The first kappa shape index (κ1) is 46.4. The summed E-state index contributed by atoms with van der Waals surface area (Å²) in [6.07, 6.45) is 10.7. The monoisotopic (exact) mass is 833 g/mol. The zero-order valence-corrected chi connectivity index (χ0v) is 35.5. The van der Waals surface area contributed by atoms with E-state index in [2.05, 4.69) is 26.8 Å². The van der Waals surface area contributed by atoms with Crippen LogP contribution in [0.25, 0.3) is 5.69 Å². The number of aryl methyl sites for hydroxylation is 1. The number of piperidine rings is 1. The number of halogens is 3. The van der Waals surface area contributed by atoms with Crippen molar-refractivity contribution in [2.45, 2.75) is 114 Å². The molecule has 4 fully saturated rings. The number of sulfonamides is 1. The Kier molecular flexibility index (Phi) is 18.0.